The fourth-order valence-electron chi connectivity index (χ4n) is 3.54. The highest BCUT2D eigenvalue weighted by molar-refractivity contribution is 4.86. The maximum atomic E-state index is 13.8. The molecule has 0 saturated carbocycles. The lowest BCUT2D eigenvalue weighted by Crippen LogP contribution is -2.55. The molecule has 2 rings (SSSR count). The van der Waals surface area contributed by atoms with Crippen LogP contribution in [0.5, 0.6) is 0 Å². The molecular formula is C19H39F2N3. The zero-order chi connectivity index (χ0) is 18.3. The van der Waals surface area contributed by atoms with Gasteiger partial charge in [0.15, 0.2) is 0 Å². The molecule has 0 radical (unpaired) electrons. The monoisotopic (exact) mass is 347 g/mol. The summed E-state index contributed by atoms with van der Waals surface area (Å²) in [6.45, 7) is 17.8. The quantitative estimate of drug-likeness (QED) is 0.749. The van der Waals surface area contributed by atoms with E-state index in [1.165, 1.54) is 0 Å². The predicted molar refractivity (Wildman–Crippen MR) is 98.9 cm³/mol. The van der Waals surface area contributed by atoms with Crippen molar-refractivity contribution in [1.29, 1.82) is 0 Å². The van der Waals surface area contributed by atoms with Crippen LogP contribution in [0.15, 0.2) is 0 Å². The van der Waals surface area contributed by atoms with Crippen molar-refractivity contribution in [3.8, 4) is 0 Å². The molecule has 24 heavy (non-hydrogen) atoms. The van der Waals surface area contributed by atoms with E-state index in [9.17, 15) is 8.78 Å². The van der Waals surface area contributed by atoms with Gasteiger partial charge >= 0.3 is 0 Å². The third-order valence-electron chi connectivity index (χ3n) is 5.43. The molecule has 5 heteroatoms. The first kappa shape index (κ1) is 21.8. The number of nitrogens with zero attached hydrogens (tertiary/aromatic N) is 3. The van der Waals surface area contributed by atoms with E-state index < -0.39 is 11.8 Å². The second kappa shape index (κ2) is 10.0. The first-order valence-corrected chi connectivity index (χ1v) is 9.88. The second-order valence-electron chi connectivity index (χ2n) is 7.59. The van der Waals surface area contributed by atoms with Crippen molar-refractivity contribution in [2.75, 3.05) is 45.8 Å². The molecule has 0 atom stereocenters. The van der Waals surface area contributed by atoms with Gasteiger partial charge in [0.1, 0.15) is 0 Å². The maximum Gasteiger partial charge on any atom is 0.262 e. The topological polar surface area (TPSA) is 9.72 Å². The third kappa shape index (κ3) is 6.23. The van der Waals surface area contributed by atoms with Crippen molar-refractivity contribution >= 4 is 0 Å². The molecule has 3 nitrogen and oxygen atoms in total. The fourth-order valence-corrected chi connectivity index (χ4v) is 3.54. The van der Waals surface area contributed by atoms with Crippen LogP contribution in [0, 0.1) is 5.92 Å². The number of hydrogen-bond donors (Lipinski definition) is 0. The summed E-state index contributed by atoms with van der Waals surface area (Å²) in [5.41, 5.74) is 0. The van der Waals surface area contributed by atoms with Crippen molar-refractivity contribution < 1.29 is 8.78 Å². The lowest BCUT2D eigenvalue weighted by Gasteiger charge is -2.44. The van der Waals surface area contributed by atoms with Crippen LogP contribution in [0.1, 0.15) is 54.4 Å². The third-order valence-corrected chi connectivity index (χ3v) is 5.43. The molecule has 2 aliphatic heterocycles. The van der Waals surface area contributed by atoms with Gasteiger partial charge in [0.2, 0.25) is 0 Å². The molecular weight excluding hydrogens is 308 g/mol. The van der Waals surface area contributed by atoms with E-state index in [1.54, 1.807) is 13.8 Å². The number of likely N-dealkylation sites (tertiary alicyclic amines) is 1. The molecule has 0 unspecified atom stereocenters. The standard InChI is InChI=1S/C17H33F2N3.C2H6/c1-14(2)17(18,19)13-20-7-5-16(6-8-20)22-11-9-21(10-12-22)15(3)4;1-2/h14-16H,5-13H2,1-4H3;1-2H3. The molecule has 2 aliphatic rings. The van der Waals surface area contributed by atoms with Crippen LogP contribution in [-0.2, 0) is 0 Å². The minimum absolute atomic E-state index is 0.0709. The van der Waals surface area contributed by atoms with E-state index >= 15 is 0 Å². The molecule has 0 N–H and O–H groups in total. The summed E-state index contributed by atoms with van der Waals surface area (Å²) in [7, 11) is 0. The van der Waals surface area contributed by atoms with Gasteiger partial charge in [-0.05, 0) is 39.8 Å². The first-order valence-electron chi connectivity index (χ1n) is 9.88. The smallest absolute Gasteiger partial charge is 0.262 e. The number of hydrogen-bond acceptors (Lipinski definition) is 3. The van der Waals surface area contributed by atoms with Gasteiger partial charge in [-0.25, -0.2) is 8.78 Å². The summed E-state index contributed by atoms with van der Waals surface area (Å²) in [6.07, 6.45) is 2.08. The lowest BCUT2D eigenvalue weighted by molar-refractivity contribution is -0.0776. The minimum atomic E-state index is -2.56. The molecule has 0 aromatic rings. The highest BCUT2D eigenvalue weighted by Gasteiger charge is 2.37. The van der Waals surface area contributed by atoms with Crippen LogP contribution < -0.4 is 0 Å². The van der Waals surface area contributed by atoms with Crippen molar-refractivity contribution in [1.82, 2.24) is 14.7 Å². The van der Waals surface area contributed by atoms with E-state index in [0.717, 1.165) is 52.1 Å². The minimum Gasteiger partial charge on any atom is -0.298 e. The van der Waals surface area contributed by atoms with Crippen molar-refractivity contribution in [2.45, 2.75) is 72.4 Å². The number of piperidine rings is 1. The molecule has 2 saturated heterocycles. The molecule has 144 valence electrons. The highest BCUT2D eigenvalue weighted by atomic mass is 19.3. The zero-order valence-corrected chi connectivity index (χ0v) is 16.7. The van der Waals surface area contributed by atoms with Gasteiger partial charge in [0.05, 0.1) is 6.54 Å². The Morgan fingerprint density at radius 3 is 1.79 bits per heavy atom. The van der Waals surface area contributed by atoms with Gasteiger partial charge in [-0.3, -0.25) is 14.7 Å². The maximum absolute atomic E-state index is 13.8. The molecule has 0 spiro atoms. The summed E-state index contributed by atoms with van der Waals surface area (Å²) in [5.74, 6) is -3.13. The first-order chi connectivity index (χ1) is 11.3. The van der Waals surface area contributed by atoms with Crippen LogP contribution in [0.3, 0.4) is 0 Å². The lowest BCUT2D eigenvalue weighted by atomic mass is 10.00. The molecule has 2 heterocycles. The molecule has 2 fully saturated rings. The van der Waals surface area contributed by atoms with Crippen molar-refractivity contribution in [3.05, 3.63) is 0 Å². The van der Waals surface area contributed by atoms with Crippen molar-refractivity contribution in [3.63, 3.8) is 0 Å². The Bertz CT molecular complexity index is 332. The molecule has 0 bridgehead atoms. The average Bonchev–Trinajstić information content (AvgIpc) is 2.57. The molecule has 0 aromatic carbocycles. The van der Waals surface area contributed by atoms with E-state index in [0.29, 0.717) is 12.1 Å². The molecule has 0 aromatic heterocycles. The number of rotatable bonds is 5. The number of alkyl halides is 2. The number of piperazine rings is 1. The van der Waals surface area contributed by atoms with Crippen LogP contribution in [-0.4, -0.2) is 78.5 Å². The zero-order valence-electron chi connectivity index (χ0n) is 16.7. The van der Waals surface area contributed by atoms with Gasteiger partial charge in [0, 0.05) is 44.2 Å². The van der Waals surface area contributed by atoms with E-state index in [1.807, 2.05) is 18.7 Å². The van der Waals surface area contributed by atoms with Gasteiger partial charge in [-0.1, -0.05) is 27.7 Å². The van der Waals surface area contributed by atoms with Crippen LogP contribution in [0.2, 0.25) is 0 Å². The fraction of sp³-hybridized carbons (Fsp3) is 1.00. The summed E-state index contributed by atoms with van der Waals surface area (Å²) in [6, 6.07) is 1.22. The van der Waals surface area contributed by atoms with Crippen LogP contribution in [0.25, 0.3) is 0 Å². The van der Waals surface area contributed by atoms with Gasteiger partial charge in [0.25, 0.3) is 5.92 Å². The molecule has 0 amide bonds. The predicted octanol–water partition coefficient (Wildman–Crippen LogP) is 3.79. The normalized spacial score (nSPS) is 22.8. The van der Waals surface area contributed by atoms with E-state index in [4.69, 9.17) is 0 Å². The number of halogens is 2. The van der Waals surface area contributed by atoms with Gasteiger partial charge < -0.3 is 0 Å². The Balaban J connectivity index is 0.00000139. The summed E-state index contributed by atoms with van der Waals surface area (Å²) < 4.78 is 27.7. The summed E-state index contributed by atoms with van der Waals surface area (Å²) >= 11 is 0. The van der Waals surface area contributed by atoms with Crippen LogP contribution in [0.4, 0.5) is 8.78 Å². The Hall–Kier alpha value is -0.260. The summed E-state index contributed by atoms with van der Waals surface area (Å²) in [4.78, 5) is 7.06. The van der Waals surface area contributed by atoms with Crippen molar-refractivity contribution in [2.24, 2.45) is 5.92 Å². The summed E-state index contributed by atoms with van der Waals surface area (Å²) in [5, 5.41) is 0. The Labute approximate surface area is 148 Å². The Morgan fingerprint density at radius 2 is 1.38 bits per heavy atom. The van der Waals surface area contributed by atoms with Gasteiger partial charge in [-0.2, -0.15) is 0 Å². The second-order valence-corrected chi connectivity index (χ2v) is 7.59. The largest absolute Gasteiger partial charge is 0.298 e. The average molecular weight is 348 g/mol. The van der Waals surface area contributed by atoms with E-state index in [-0.39, 0.29) is 6.54 Å². The van der Waals surface area contributed by atoms with E-state index in [2.05, 4.69) is 23.6 Å². The Morgan fingerprint density at radius 1 is 0.875 bits per heavy atom. The van der Waals surface area contributed by atoms with Gasteiger partial charge in [-0.15, -0.1) is 0 Å². The SMILES string of the molecule is CC.CC(C)N1CCN(C2CCN(CC(F)(F)C(C)C)CC2)CC1. The Kier molecular flexibility index (Phi) is 9.10. The van der Waals surface area contributed by atoms with Crippen LogP contribution >= 0.6 is 0 Å². The highest BCUT2D eigenvalue weighted by Crippen LogP contribution is 2.27. The molecule has 0 aliphatic carbocycles.